The molecule has 8 nitrogen and oxygen atoms in total. The van der Waals surface area contributed by atoms with Crippen molar-refractivity contribution in [2.75, 3.05) is 47.0 Å². The van der Waals surface area contributed by atoms with Crippen LogP contribution in [0.2, 0.25) is 5.02 Å². The molecule has 0 bridgehead atoms. The summed E-state index contributed by atoms with van der Waals surface area (Å²) in [5.74, 6) is -0.211. The fourth-order valence-electron chi connectivity index (χ4n) is 5.77. The number of hydrogen-bond acceptors (Lipinski definition) is 6. The topological polar surface area (TPSA) is 103 Å². The lowest BCUT2D eigenvalue weighted by molar-refractivity contribution is -0.147. The van der Waals surface area contributed by atoms with Gasteiger partial charge in [0.05, 0.1) is 30.3 Å². The van der Waals surface area contributed by atoms with E-state index in [1.807, 2.05) is 0 Å². The Morgan fingerprint density at radius 2 is 2.08 bits per heavy atom. The molecule has 38 heavy (non-hydrogen) atoms. The van der Waals surface area contributed by atoms with Crippen LogP contribution in [-0.4, -0.2) is 86.4 Å². The third-order valence-corrected chi connectivity index (χ3v) is 8.25. The van der Waals surface area contributed by atoms with Crippen molar-refractivity contribution in [3.63, 3.8) is 0 Å². The molecule has 0 spiro atoms. The van der Waals surface area contributed by atoms with Gasteiger partial charge in [-0.1, -0.05) is 55.8 Å². The number of ether oxygens (including phenoxy) is 2. The van der Waals surface area contributed by atoms with Crippen molar-refractivity contribution in [1.82, 2.24) is 15.5 Å². The number of aliphatic hydroxyl groups excluding tert-OH is 1. The van der Waals surface area contributed by atoms with E-state index in [1.54, 1.807) is 25.1 Å². The third kappa shape index (κ3) is 8.26. The number of carbonyl (C=O) groups is 1. The number of nitrogens with zero attached hydrogens (tertiary/aromatic N) is 1. The van der Waals surface area contributed by atoms with E-state index in [0.29, 0.717) is 38.5 Å². The highest BCUT2D eigenvalue weighted by molar-refractivity contribution is 6.30. The largest absolute Gasteiger partial charge is 0.390 e. The van der Waals surface area contributed by atoms with Crippen LogP contribution in [0.4, 0.5) is 9.18 Å². The summed E-state index contributed by atoms with van der Waals surface area (Å²) in [7, 11) is 3.39. The first-order valence-corrected chi connectivity index (χ1v) is 14.3. The monoisotopic (exact) mass is 557 g/mol. The molecule has 2 fully saturated rings. The summed E-state index contributed by atoms with van der Waals surface area (Å²) >= 11 is 6.06. The molecule has 0 unspecified atom stereocenters. The number of amides is 2. The van der Waals surface area contributed by atoms with E-state index in [2.05, 4.69) is 10.6 Å². The molecule has 0 radical (unpaired) electrons. The maximum atomic E-state index is 15.1. The second-order valence-corrected chi connectivity index (χ2v) is 11.1. The van der Waals surface area contributed by atoms with E-state index in [1.165, 1.54) is 31.4 Å². The molecule has 0 aromatic heterocycles. The zero-order valence-electron chi connectivity index (χ0n) is 22.8. The normalized spacial score (nSPS) is 22.1. The van der Waals surface area contributed by atoms with Crippen LogP contribution in [0.3, 0.4) is 0 Å². The van der Waals surface area contributed by atoms with Gasteiger partial charge in [0.15, 0.2) is 0 Å². The molecule has 10 heteroatoms. The van der Waals surface area contributed by atoms with Gasteiger partial charge in [0, 0.05) is 32.4 Å². The molecule has 1 heterocycles. The summed E-state index contributed by atoms with van der Waals surface area (Å²) in [4.78, 5) is 15.0. The minimum absolute atomic E-state index is 0.0642. The quantitative estimate of drug-likeness (QED) is 0.275. The van der Waals surface area contributed by atoms with Crippen molar-refractivity contribution >= 4 is 17.6 Å². The Hall–Kier alpha value is -1.49. The molecule has 216 valence electrons. The van der Waals surface area contributed by atoms with Gasteiger partial charge < -0.3 is 35.2 Å². The number of halogens is 2. The number of hydrogen-bond donors (Lipinski definition) is 4. The second-order valence-electron chi connectivity index (χ2n) is 10.7. The van der Waals surface area contributed by atoms with E-state index >= 15 is 4.39 Å². The summed E-state index contributed by atoms with van der Waals surface area (Å²) < 4.78 is 26.2. The van der Waals surface area contributed by atoms with Crippen molar-refractivity contribution in [3.8, 4) is 0 Å². The van der Waals surface area contributed by atoms with E-state index < -0.39 is 29.7 Å². The lowest BCUT2D eigenvalue weighted by atomic mass is 9.82. The number of carbonyl (C=O) groups excluding carboxylic acids is 1. The Labute approximate surface area is 231 Å². The number of nitrogens with one attached hydrogen (secondary N) is 2. The third-order valence-electron chi connectivity index (χ3n) is 7.96. The highest BCUT2D eigenvalue weighted by Gasteiger charge is 2.44. The number of likely N-dealkylation sites (N-methyl/N-ethyl adjacent to an activating group) is 1. The molecule has 4 atom stereocenters. The van der Waals surface area contributed by atoms with Gasteiger partial charge in [-0.05, 0) is 44.7 Å². The highest BCUT2D eigenvalue weighted by Crippen LogP contribution is 2.38. The predicted molar refractivity (Wildman–Crippen MR) is 146 cm³/mol. The summed E-state index contributed by atoms with van der Waals surface area (Å²) in [6.45, 7) is 1.51. The van der Waals surface area contributed by atoms with Crippen LogP contribution in [0.1, 0.15) is 63.4 Å². The molecular formula is C28H45ClFN3O5. The fraction of sp³-hybridized carbons (Fsp3) is 0.750. The van der Waals surface area contributed by atoms with Crippen LogP contribution in [0, 0.1) is 11.7 Å². The lowest BCUT2D eigenvalue weighted by Gasteiger charge is -2.43. The van der Waals surface area contributed by atoms with E-state index in [4.69, 9.17) is 21.1 Å². The number of rotatable bonds is 13. The van der Waals surface area contributed by atoms with Gasteiger partial charge in [0.2, 0.25) is 0 Å². The number of urea groups is 1. The maximum Gasteiger partial charge on any atom is 0.317 e. The van der Waals surface area contributed by atoms with Gasteiger partial charge in [0.1, 0.15) is 17.5 Å². The highest BCUT2D eigenvalue weighted by atomic mass is 35.5. The van der Waals surface area contributed by atoms with Gasteiger partial charge in [0.25, 0.3) is 0 Å². The molecule has 1 aliphatic heterocycles. The number of unbranched alkanes of at least 4 members (excludes halogenated alkanes) is 1. The van der Waals surface area contributed by atoms with Gasteiger partial charge >= 0.3 is 6.03 Å². The summed E-state index contributed by atoms with van der Waals surface area (Å²) in [5, 5.41) is 28.7. The average Bonchev–Trinajstić information content (AvgIpc) is 2.93. The van der Waals surface area contributed by atoms with E-state index in [-0.39, 0.29) is 36.2 Å². The molecule has 1 saturated carbocycles. The van der Waals surface area contributed by atoms with Gasteiger partial charge in [-0.15, -0.1) is 0 Å². The van der Waals surface area contributed by atoms with Crippen LogP contribution in [0.25, 0.3) is 0 Å². The Morgan fingerprint density at radius 3 is 2.79 bits per heavy atom. The Balaban J connectivity index is 1.75. The van der Waals surface area contributed by atoms with Gasteiger partial charge in [-0.3, -0.25) is 0 Å². The summed E-state index contributed by atoms with van der Waals surface area (Å²) in [6, 6.07) is 3.86. The molecule has 2 amide bonds. The zero-order valence-corrected chi connectivity index (χ0v) is 23.5. The van der Waals surface area contributed by atoms with Crippen molar-refractivity contribution in [2.24, 2.45) is 5.92 Å². The second kappa shape index (κ2) is 15.3. The first-order valence-electron chi connectivity index (χ1n) is 14.0. The van der Waals surface area contributed by atoms with Crippen LogP contribution in [0.5, 0.6) is 0 Å². The summed E-state index contributed by atoms with van der Waals surface area (Å²) in [6.07, 6.45) is 6.45. The number of morpholine rings is 1. The van der Waals surface area contributed by atoms with Crippen LogP contribution < -0.4 is 10.6 Å². The van der Waals surface area contributed by atoms with Crippen LogP contribution >= 0.6 is 11.6 Å². The molecule has 1 saturated heterocycles. The summed E-state index contributed by atoms with van der Waals surface area (Å²) in [5.41, 5.74) is -1.62. The molecule has 1 aromatic rings. The smallest absolute Gasteiger partial charge is 0.317 e. The Morgan fingerprint density at radius 1 is 1.32 bits per heavy atom. The number of methoxy groups -OCH3 is 1. The predicted octanol–water partition coefficient (Wildman–Crippen LogP) is 3.81. The maximum absolute atomic E-state index is 15.1. The first kappa shape index (κ1) is 31.0. The molecular weight excluding hydrogens is 513 g/mol. The van der Waals surface area contributed by atoms with Crippen LogP contribution in [0.15, 0.2) is 18.2 Å². The number of benzene rings is 1. The Bertz CT molecular complexity index is 875. The minimum Gasteiger partial charge on any atom is -0.390 e. The van der Waals surface area contributed by atoms with Gasteiger partial charge in [-0.25, -0.2) is 9.18 Å². The van der Waals surface area contributed by atoms with Crippen molar-refractivity contribution in [3.05, 3.63) is 34.6 Å². The van der Waals surface area contributed by atoms with Crippen LogP contribution in [-0.2, 0) is 15.1 Å². The zero-order chi connectivity index (χ0) is 27.5. The SMILES string of the molecule is CNC[C@@H](O)[C@H](CC1CCCCC1)NC(=O)N1CCO[C@@H]([C@@](O)(CCCCOC)c2cccc(Cl)c2F)C1. The van der Waals surface area contributed by atoms with Crippen molar-refractivity contribution in [2.45, 2.75) is 81.6 Å². The lowest BCUT2D eigenvalue weighted by Crippen LogP contribution is -2.59. The van der Waals surface area contributed by atoms with Crippen molar-refractivity contribution in [1.29, 1.82) is 0 Å². The minimum atomic E-state index is -1.69. The van der Waals surface area contributed by atoms with Crippen molar-refractivity contribution < 1.29 is 28.9 Å². The first-order chi connectivity index (χ1) is 18.3. The van der Waals surface area contributed by atoms with Gasteiger partial charge in [-0.2, -0.15) is 0 Å². The molecule has 1 aromatic carbocycles. The number of aliphatic hydroxyl groups is 2. The average molecular weight is 558 g/mol. The molecule has 4 N–H and O–H groups in total. The fourth-order valence-corrected chi connectivity index (χ4v) is 5.94. The van der Waals surface area contributed by atoms with E-state index in [9.17, 15) is 15.0 Å². The van der Waals surface area contributed by atoms with E-state index in [0.717, 1.165) is 19.3 Å². The standard InChI is InChI=1S/C28H45ClFN3O5/c1-31-18-24(34)23(17-20-9-4-3-5-10-20)32-27(35)33-14-16-38-25(19-33)28(36,13-6-7-15-37-2)21-11-8-12-22(29)26(21)30/h8,11-12,20,23-25,31,34,36H,3-7,9-10,13-19H2,1-2H3,(H,32,35)/t23-,24+,25+,28+/m0/s1. The molecule has 1 aliphatic carbocycles. The molecule has 2 aliphatic rings. The molecule has 3 rings (SSSR count). The Kier molecular flexibility index (Phi) is 12.5.